The number of carbonyl (C=O) groups is 2. The largest absolute Gasteiger partial charge is 0.423 e. The molecule has 0 unspecified atom stereocenters. The van der Waals surface area contributed by atoms with Crippen LogP contribution in [0.2, 0.25) is 0 Å². The van der Waals surface area contributed by atoms with Crippen LogP contribution in [0, 0.1) is 0 Å². The third-order valence-electron chi connectivity index (χ3n) is 3.05. The number of rotatable bonds is 4. The Kier molecular flexibility index (Phi) is 4.20. The fraction of sp³-hybridized carbons (Fsp3) is 0. The maximum atomic E-state index is 12.0. The van der Waals surface area contributed by atoms with Crippen LogP contribution in [0.25, 0.3) is 0 Å². The maximum Gasteiger partial charge on any atom is 0.360 e. The number of nitrogens with one attached hydrogen (secondary N) is 1. The van der Waals surface area contributed by atoms with Crippen molar-refractivity contribution in [2.75, 3.05) is 0 Å². The first-order valence-corrected chi connectivity index (χ1v) is 6.95. The predicted molar refractivity (Wildman–Crippen MR) is 83.6 cm³/mol. The van der Waals surface area contributed by atoms with E-state index >= 15 is 0 Å². The van der Waals surface area contributed by atoms with E-state index < -0.39 is 11.9 Å². The predicted octanol–water partition coefficient (Wildman–Crippen LogP) is 3.45. The first kappa shape index (κ1) is 14.6. The summed E-state index contributed by atoms with van der Waals surface area (Å²) in [7, 11) is 0. The molecular formula is C18H13NO4. The lowest BCUT2D eigenvalue weighted by atomic mass is 10.3. The molecule has 0 aliphatic rings. The highest BCUT2D eigenvalue weighted by molar-refractivity contribution is 5.96. The fourth-order valence-corrected chi connectivity index (χ4v) is 1.94. The molecule has 0 radical (unpaired) electrons. The molecule has 114 valence electrons. The summed E-state index contributed by atoms with van der Waals surface area (Å²) < 4.78 is 10.4. The van der Waals surface area contributed by atoms with Gasteiger partial charge in [0.25, 0.3) is 0 Å². The molecule has 1 heterocycles. The molecule has 0 saturated heterocycles. The van der Waals surface area contributed by atoms with Crippen LogP contribution >= 0.6 is 0 Å². The van der Waals surface area contributed by atoms with E-state index in [1.165, 1.54) is 12.3 Å². The zero-order chi connectivity index (χ0) is 16.1. The highest BCUT2D eigenvalue weighted by atomic mass is 16.5. The van der Waals surface area contributed by atoms with Crippen molar-refractivity contribution in [2.45, 2.75) is 0 Å². The van der Waals surface area contributed by atoms with Gasteiger partial charge in [-0.05, 0) is 30.3 Å². The Morgan fingerprint density at radius 3 is 1.83 bits per heavy atom. The Morgan fingerprint density at radius 2 is 1.26 bits per heavy atom. The van der Waals surface area contributed by atoms with Gasteiger partial charge in [-0.25, -0.2) is 9.59 Å². The van der Waals surface area contributed by atoms with Crippen molar-refractivity contribution >= 4 is 11.9 Å². The van der Waals surface area contributed by atoms with E-state index in [1.807, 2.05) is 12.1 Å². The van der Waals surface area contributed by atoms with Crippen LogP contribution in [-0.2, 0) is 0 Å². The lowest BCUT2D eigenvalue weighted by Crippen LogP contribution is -2.09. The van der Waals surface area contributed by atoms with Crippen LogP contribution in [0.1, 0.15) is 20.8 Å². The van der Waals surface area contributed by atoms with Gasteiger partial charge in [0, 0.05) is 6.20 Å². The summed E-state index contributed by atoms with van der Waals surface area (Å²) in [6, 6.07) is 18.8. The van der Waals surface area contributed by atoms with Gasteiger partial charge in [-0.2, -0.15) is 0 Å². The van der Waals surface area contributed by atoms with Crippen LogP contribution in [0.3, 0.4) is 0 Å². The average molecular weight is 307 g/mol. The second-order valence-corrected chi connectivity index (χ2v) is 4.71. The Hall–Kier alpha value is -3.34. The quantitative estimate of drug-likeness (QED) is 0.592. The molecular weight excluding hydrogens is 294 g/mol. The van der Waals surface area contributed by atoms with Gasteiger partial charge >= 0.3 is 11.9 Å². The first-order valence-electron chi connectivity index (χ1n) is 6.95. The second-order valence-electron chi connectivity index (χ2n) is 4.71. The number of carbonyl (C=O) groups excluding carboxylic acids is 2. The van der Waals surface area contributed by atoms with Crippen molar-refractivity contribution in [1.82, 2.24) is 4.98 Å². The Bertz CT molecular complexity index is 741. The Morgan fingerprint density at radius 1 is 0.739 bits per heavy atom. The molecule has 0 spiro atoms. The van der Waals surface area contributed by atoms with Crippen molar-refractivity contribution in [3.63, 3.8) is 0 Å². The molecule has 2 aromatic carbocycles. The topological polar surface area (TPSA) is 68.4 Å². The van der Waals surface area contributed by atoms with Crippen molar-refractivity contribution in [3.05, 3.63) is 84.2 Å². The minimum absolute atomic E-state index is 0.175. The molecule has 1 aromatic heterocycles. The van der Waals surface area contributed by atoms with E-state index in [2.05, 4.69) is 4.98 Å². The molecule has 0 bridgehead atoms. The number of ether oxygens (including phenoxy) is 2. The Labute approximate surface area is 132 Å². The molecule has 0 aliphatic heterocycles. The van der Waals surface area contributed by atoms with Crippen molar-refractivity contribution in [2.24, 2.45) is 0 Å². The number of H-pyrrole nitrogens is 1. The summed E-state index contributed by atoms with van der Waals surface area (Å²) in [6.45, 7) is 0. The highest BCUT2D eigenvalue weighted by Crippen LogP contribution is 2.14. The summed E-state index contributed by atoms with van der Waals surface area (Å²) in [5, 5.41) is 0. The third kappa shape index (κ3) is 3.65. The number of para-hydroxylation sites is 2. The molecule has 0 atom stereocenters. The van der Waals surface area contributed by atoms with Gasteiger partial charge in [-0.15, -0.1) is 0 Å². The normalized spacial score (nSPS) is 10.1. The zero-order valence-electron chi connectivity index (χ0n) is 12.1. The summed E-state index contributed by atoms with van der Waals surface area (Å²) in [5.41, 5.74) is 0.419. The average Bonchev–Trinajstić information content (AvgIpc) is 3.07. The molecule has 0 aliphatic carbocycles. The Balaban J connectivity index is 1.68. The number of esters is 2. The number of hydrogen-bond donors (Lipinski definition) is 1. The summed E-state index contributed by atoms with van der Waals surface area (Å²) in [5.74, 6) is -0.256. The van der Waals surface area contributed by atoms with E-state index in [1.54, 1.807) is 48.5 Å². The van der Waals surface area contributed by atoms with Crippen LogP contribution < -0.4 is 9.47 Å². The van der Waals surface area contributed by atoms with Crippen LogP contribution in [0.15, 0.2) is 72.9 Å². The van der Waals surface area contributed by atoms with E-state index in [9.17, 15) is 9.59 Å². The molecule has 5 heteroatoms. The van der Waals surface area contributed by atoms with Gasteiger partial charge in [0.2, 0.25) is 0 Å². The van der Waals surface area contributed by atoms with Crippen molar-refractivity contribution < 1.29 is 19.1 Å². The minimum Gasteiger partial charge on any atom is -0.423 e. The minimum atomic E-state index is -0.574. The van der Waals surface area contributed by atoms with E-state index in [-0.39, 0.29) is 11.3 Å². The van der Waals surface area contributed by atoms with Crippen LogP contribution in [-0.4, -0.2) is 16.9 Å². The lowest BCUT2D eigenvalue weighted by molar-refractivity contribution is 0.0727. The summed E-state index contributed by atoms with van der Waals surface area (Å²) >= 11 is 0. The lowest BCUT2D eigenvalue weighted by Gasteiger charge is -2.02. The molecule has 23 heavy (non-hydrogen) atoms. The monoisotopic (exact) mass is 307 g/mol. The third-order valence-corrected chi connectivity index (χ3v) is 3.05. The SMILES string of the molecule is O=C(Oc1ccccc1)c1c[nH]c(C(=O)Oc2ccccc2)c1. The molecule has 0 saturated carbocycles. The van der Waals surface area contributed by atoms with E-state index in [0.717, 1.165) is 0 Å². The van der Waals surface area contributed by atoms with Gasteiger partial charge in [0.1, 0.15) is 17.2 Å². The molecule has 0 amide bonds. The smallest absolute Gasteiger partial charge is 0.360 e. The summed E-state index contributed by atoms with van der Waals surface area (Å²) in [4.78, 5) is 26.7. The summed E-state index contributed by atoms with van der Waals surface area (Å²) in [6.07, 6.45) is 1.41. The molecule has 3 aromatic rings. The number of aromatic nitrogens is 1. The van der Waals surface area contributed by atoms with Gasteiger partial charge in [0.05, 0.1) is 5.56 Å². The van der Waals surface area contributed by atoms with E-state index in [4.69, 9.17) is 9.47 Å². The molecule has 1 N–H and O–H groups in total. The highest BCUT2D eigenvalue weighted by Gasteiger charge is 2.16. The maximum absolute atomic E-state index is 12.0. The molecule has 3 rings (SSSR count). The van der Waals surface area contributed by atoms with Crippen molar-refractivity contribution in [1.29, 1.82) is 0 Å². The van der Waals surface area contributed by atoms with Gasteiger partial charge in [-0.1, -0.05) is 36.4 Å². The number of hydrogen-bond acceptors (Lipinski definition) is 4. The van der Waals surface area contributed by atoms with Gasteiger partial charge in [0.15, 0.2) is 0 Å². The molecule has 5 nitrogen and oxygen atoms in total. The van der Waals surface area contributed by atoms with E-state index in [0.29, 0.717) is 11.5 Å². The van der Waals surface area contributed by atoms with Crippen LogP contribution in [0.5, 0.6) is 11.5 Å². The number of benzene rings is 2. The first-order chi connectivity index (χ1) is 11.2. The standard InChI is InChI=1S/C18H13NO4/c20-17(22-14-7-3-1-4-8-14)13-11-16(19-12-13)18(21)23-15-9-5-2-6-10-15/h1-12,19H. The fourth-order valence-electron chi connectivity index (χ4n) is 1.94. The van der Waals surface area contributed by atoms with Gasteiger partial charge in [-0.3, -0.25) is 0 Å². The number of aromatic amines is 1. The van der Waals surface area contributed by atoms with Crippen LogP contribution in [0.4, 0.5) is 0 Å². The second kappa shape index (κ2) is 6.62. The molecule has 0 fully saturated rings. The zero-order valence-corrected chi connectivity index (χ0v) is 12.1. The van der Waals surface area contributed by atoms with Gasteiger partial charge < -0.3 is 14.5 Å². The van der Waals surface area contributed by atoms with Crippen molar-refractivity contribution in [3.8, 4) is 11.5 Å².